The average Bonchev–Trinajstić information content (AvgIpc) is 2.34. The molecule has 0 aliphatic carbocycles. The zero-order chi connectivity index (χ0) is 14.0. The van der Waals surface area contributed by atoms with Crippen LogP contribution in [0.1, 0.15) is 21.6 Å². The molecular formula is C14H12BrClN2O. The van der Waals surface area contributed by atoms with Crippen molar-refractivity contribution in [3.63, 3.8) is 0 Å². The number of halogens is 2. The maximum absolute atomic E-state index is 12.1. The van der Waals surface area contributed by atoms with E-state index in [1.54, 1.807) is 12.1 Å². The highest BCUT2D eigenvalue weighted by atomic mass is 79.9. The first-order chi connectivity index (χ1) is 8.97. The van der Waals surface area contributed by atoms with Crippen molar-refractivity contribution in [1.29, 1.82) is 0 Å². The van der Waals surface area contributed by atoms with E-state index < -0.39 is 0 Å². The van der Waals surface area contributed by atoms with E-state index in [9.17, 15) is 4.79 Å². The van der Waals surface area contributed by atoms with Crippen LogP contribution in [0, 0.1) is 13.8 Å². The molecule has 2 aromatic rings. The molecule has 0 spiro atoms. The Morgan fingerprint density at radius 3 is 2.63 bits per heavy atom. The van der Waals surface area contributed by atoms with Gasteiger partial charge in [-0.05, 0) is 59.1 Å². The number of nitrogens with zero attached hydrogens (tertiary/aromatic N) is 1. The van der Waals surface area contributed by atoms with Crippen molar-refractivity contribution < 1.29 is 4.79 Å². The Bertz CT molecular complexity index is 603. The van der Waals surface area contributed by atoms with Crippen molar-refractivity contribution >= 4 is 39.1 Å². The summed E-state index contributed by atoms with van der Waals surface area (Å²) in [6, 6.07) is 7.20. The molecule has 98 valence electrons. The normalized spacial score (nSPS) is 10.3. The van der Waals surface area contributed by atoms with Crippen molar-refractivity contribution in [2.24, 2.45) is 0 Å². The molecular weight excluding hydrogens is 328 g/mol. The third-order valence-electron chi connectivity index (χ3n) is 2.63. The number of carbonyl (C=O) groups excluding carboxylic acids is 1. The lowest BCUT2D eigenvalue weighted by atomic mass is 10.1. The van der Waals surface area contributed by atoms with Gasteiger partial charge < -0.3 is 5.32 Å². The fourth-order valence-corrected chi connectivity index (χ4v) is 2.65. The molecule has 0 fully saturated rings. The summed E-state index contributed by atoms with van der Waals surface area (Å²) in [5, 5.41) is 3.35. The zero-order valence-corrected chi connectivity index (χ0v) is 12.8. The Morgan fingerprint density at radius 1 is 1.32 bits per heavy atom. The number of nitrogens with one attached hydrogen (secondary N) is 1. The molecule has 0 aliphatic rings. The highest BCUT2D eigenvalue weighted by Gasteiger charge is 2.11. The maximum Gasteiger partial charge on any atom is 0.274 e. The number of aromatic nitrogens is 1. The lowest BCUT2D eigenvalue weighted by molar-refractivity contribution is 0.102. The minimum Gasteiger partial charge on any atom is -0.319 e. The number of hydrogen-bond donors (Lipinski definition) is 1. The van der Waals surface area contributed by atoms with Crippen molar-refractivity contribution in [3.05, 3.63) is 56.8 Å². The third-order valence-corrected chi connectivity index (χ3v) is 3.48. The number of anilines is 1. The summed E-state index contributed by atoms with van der Waals surface area (Å²) in [6.07, 6.45) is 1.45. The van der Waals surface area contributed by atoms with Crippen molar-refractivity contribution in [1.82, 2.24) is 4.98 Å². The SMILES string of the molecule is Cc1cc(C)c(NC(=O)c2ccc(Cl)cn2)c(Br)c1. The van der Waals surface area contributed by atoms with Crippen molar-refractivity contribution in [3.8, 4) is 0 Å². The predicted molar refractivity (Wildman–Crippen MR) is 80.8 cm³/mol. The standard InChI is InChI=1S/C14H12BrClN2O/c1-8-5-9(2)13(11(15)6-8)18-14(19)12-4-3-10(16)7-17-12/h3-7H,1-2H3,(H,18,19). The summed E-state index contributed by atoms with van der Waals surface area (Å²) in [5.74, 6) is -0.260. The average molecular weight is 340 g/mol. The highest BCUT2D eigenvalue weighted by molar-refractivity contribution is 9.10. The second-order valence-electron chi connectivity index (χ2n) is 4.25. The van der Waals surface area contributed by atoms with Crippen LogP contribution in [0.5, 0.6) is 0 Å². The van der Waals surface area contributed by atoms with Gasteiger partial charge in [-0.3, -0.25) is 4.79 Å². The van der Waals surface area contributed by atoms with Crippen LogP contribution in [-0.2, 0) is 0 Å². The summed E-state index contributed by atoms with van der Waals surface area (Å²) >= 11 is 9.20. The van der Waals surface area contributed by atoms with Crippen LogP contribution in [0.15, 0.2) is 34.9 Å². The largest absolute Gasteiger partial charge is 0.319 e. The highest BCUT2D eigenvalue weighted by Crippen LogP contribution is 2.28. The van der Waals surface area contributed by atoms with E-state index in [-0.39, 0.29) is 5.91 Å². The number of hydrogen-bond acceptors (Lipinski definition) is 2. The summed E-state index contributed by atoms with van der Waals surface area (Å²) in [4.78, 5) is 16.1. The predicted octanol–water partition coefficient (Wildman–Crippen LogP) is 4.37. The lowest BCUT2D eigenvalue weighted by Crippen LogP contribution is -2.14. The van der Waals surface area contributed by atoms with Gasteiger partial charge in [0.25, 0.3) is 5.91 Å². The Kier molecular flexibility index (Phi) is 4.22. The van der Waals surface area contributed by atoms with E-state index in [4.69, 9.17) is 11.6 Å². The second kappa shape index (κ2) is 5.72. The van der Waals surface area contributed by atoms with Gasteiger partial charge in [0.05, 0.1) is 10.7 Å². The molecule has 0 bridgehead atoms. The summed E-state index contributed by atoms with van der Waals surface area (Å²) in [5.41, 5.74) is 3.21. The fourth-order valence-electron chi connectivity index (χ4n) is 1.76. The molecule has 1 amide bonds. The van der Waals surface area contributed by atoms with E-state index >= 15 is 0 Å². The van der Waals surface area contributed by atoms with E-state index in [0.29, 0.717) is 10.7 Å². The number of pyridine rings is 1. The quantitative estimate of drug-likeness (QED) is 0.883. The summed E-state index contributed by atoms with van der Waals surface area (Å²) < 4.78 is 0.854. The van der Waals surface area contributed by atoms with Crippen LogP contribution in [-0.4, -0.2) is 10.9 Å². The minimum atomic E-state index is -0.260. The van der Waals surface area contributed by atoms with Crippen LogP contribution >= 0.6 is 27.5 Å². The summed E-state index contributed by atoms with van der Waals surface area (Å²) in [7, 11) is 0. The van der Waals surface area contributed by atoms with Crippen LogP contribution in [0.25, 0.3) is 0 Å². The Morgan fingerprint density at radius 2 is 2.05 bits per heavy atom. The number of rotatable bonds is 2. The third kappa shape index (κ3) is 3.33. The summed E-state index contributed by atoms with van der Waals surface area (Å²) in [6.45, 7) is 3.95. The molecule has 2 rings (SSSR count). The molecule has 1 aromatic carbocycles. The van der Waals surface area contributed by atoms with Gasteiger partial charge in [-0.2, -0.15) is 0 Å². The maximum atomic E-state index is 12.1. The van der Waals surface area contributed by atoms with Crippen LogP contribution in [0.3, 0.4) is 0 Å². The molecule has 0 unspecified atom stereocenters. The van der Waals surface area contributed by atoms with E-state index in [0.717, 1.165) is 21.3 Å². The molecule has 0 saturated carbocycles. The monoisotopic (exact) mass is 338 g/mol. The Labute approximate surface area is 125 Å². The first-order valence-electron chi connectivity index (χ1n) is 5.67. The molecule has 0 aliphatic heterocycles. The van der Waals surface area contributed by atoms with Gasteiger partial charge in [-0.1, -0.05) is 17.7 Å². The molecule has 1 N–H and O–H groups in total. The zero-order valence-electron chi connectivity index (χ0n) is 10.5. The molecule has 19 heavy (non-hydrogen) atoms. The number of carbonyl (C=O) groups is 1. The molecule has 0 atom stereocenters. The van der Waals surface area contributed by atoms with Gasteiger partial charge >= 0.3 is 0 Å². The Hall–Kier alpha value is -1.39. The van der Waals surface area contributed by atoms with Gasteiger partial charge in [0, 0.05) is 10.7 Å². The first-order valence-corrected chi connectivity index (χ1v) is 6.84. The first kappa shape index (κ1) is 14.0. The molecule has 1 aromatic heterocycles. The van der Waals surface area contributed by atoms with E-state index in [1.807, 2.05) is 26.0 Å². The van der Waals surface area contributed by atoms with Crippen LogP contribution in [0.2, 0.25) is 5.02 Å². The van der Waals surface area contributed by atoms with Gasteiger partial charge in [0.1, 0.15) is 5.69 Å². The van der Waals surface area contributed by atoms with Crippen LogP contribution < -0.4 is 5.32 Å². The van der Waals surface area contributed by atoms with E-state index in [2.05, 4.69) is 26.2 Å². The number of benzene rings is 1. The second-order valence-corrected chi connectivity index (χ2v) is 5.55. The molecule has 1 heterocycles. The van der Waals surface area contributed by atoms with Gasteiger partial charge in [-0.15, -0.1) is 0 Å². The smallest absolute Gasteiger partial charge is 0.274 e. The molecule has 0 saturated heterocycles. The van der Waals surface area contributed by atoms with Crippen molar-refractivity contribution in [2.75, 3.05) is 5.32 Å². The number of amides is 1. The van der Waals surface area contributed by atoms with Crippen LogP contribution in [0.4, 0.5) is 5.69 Å². The van der Waals surface area contributed by atoms with Gasteiger partial charge in [0.15, 0.2) is 0 Å². The molecule has 5 heteroatoms. The molecule has 0 radical (unpaired) electrons. The lowest BCUT2D eigenvalue weighted by Gasteiger charge is -2.11. The molecule has 3 nitrogen and oxygen atoms in total. The topological polar surface area (TPSA) is 42.0 Å². The number of aryl methyl sites for hydroxylation is 2. The van der Waals surface area contributed by atoms with Crippen molar-refractivity contribution in [2.45, 2.75) is 13.8 Å². The van der Waals surface area contributed by atoms with Gasteiger partial charge in [-0.25, -0.2) is 4.98 Å². The fraction of sp³-hybridized carbons (Fsp3) is 0.143. The van der Waals surface area contributed by atoms with Gasteiger partial charge in [0.2, 0.25) is 0 Å². The Balaban J connectivity index is 2.26. The van der Waals surface area contributed by atoms with E-state index in [1.165, 1.54) is 6.20 Å². The minimum absolute atomic E-state index is 0.260.